The third-order valence-electron chi connectivity index (χ3n) is 2.35. The lowest BCUT2D eigenvalue weighted by Gasteiger charge is -2.07. The Balaban J connectivity index is 2.44. The number of nitriles is 1. The van der Waals surface area contributed by atoms with Crippen LogP contribution in [0.2, 0.25) is 0 Å². The third-order valence-corrected chi connectivity index (χ3v) is 2.80. The van der Waals surface area contributed by atoms with E-state index in [4.69, 9.17) is 10.00 Å². The predicted octanol–water partition coefficient (Wildman–Crippen LogP) is 4.16. The van der Waals surface area contributed by atoms with Crippen LogP contribution in [0.15, 0.2) is 40.9 Å². The molecule has 0 bridgehead atoms. The minimum Gasteiger partial charge on any atom is -0.450 e. The zero-order chi connectivity index (χ0) is 14.7. The van der Waals surface area contributed by atoms with E-state index in [9.17, 15) is 14.5 Å². The van der Waals surface area contributed by atoms with Gasteiger partial charge >= 0.3 is 5.69 Å². The quantitative estimate of drug-likeness (QED) is 0.622. The van der Waals surface area contributed by atoms with Crippen molar-refractivity contribution in [1.29, 1.82) is 5.26 Å². The summed E-state index contributed by atoms with van der Waals surface area (Å²) in [5.41, 5.74) is -0.0432. The first-order chi connectivity index (χ1) is 9.49. The van der Waals surface area contributed by atoms with Gasteiger partial charge in [-0.25, -0.2) is 4.39 Å². The average Bonchev–Trinajstić information content (AvgIpc) is 2.37. The Kier molecular flexibility index (Phi) is 3.96. The van der Waals surface area contributed by atoms with E-state index in [0.29, 0.717) is 10.0 Å². The van der Waals surface area contributed by atoms with Gasteiger partial charge in [0.15, 0.2) is 0 Å². The lowest BCUT2D eigenvalue weighted by atomic mass is 10.2. The fourth-order valence-electron chi connectivity index (χ4n) is 1.53. The maximum absolute atomic E-state index is 13.2. The maximum Gasteiger partial charge on any atom is 0.311 e. The number of halogens is 2. The molecule has 0 N–H and O–H groups in total. The van der Waals surface area contributed by atoms with Crippen molar-refractivity contribution < 1.29 is 14.1 Å². The van der Waals surface area contributed by atoms with Gasteiger partial charge in [0.25, 0.3) is 0 Å². The maximum atomic E-state index is 13.2. The molecule has 0 aromatic heterocycles. The summed E-state index contributed by atoms with van der Waals surface area (Å²) in [5, 5.41) is 19.7. The lowest BCUT2D eigenvalue weighted by Crippen LogP contribution is -1.94. The van der Waals surface area contributed by atoms with Crippen molar-refractivity contribution in [2.24, 2.45) is 0 Å². The molecular weight excluding hydrogens is 331 g/mol. The molecule has 0 aliphatic rings. The molecular formula is C13H6BrFN2O3. The summed E-state index contributed by atoms with van der Waals surface area (Å²) in [6.45, 7) is 0. The molecule has 2 aromatic rings. The first kappa shape index (κ1) is 14.0. The second kappa shape index (κ2) is 5.67. The molecule has 7 heteroatoms. The number of benzene rings is 2. The van der Waals surface area contributed by atoms with E-state index in [1.165, 1.54) is 12.1 Å². The van der Waals surface area contributed by atoms with E-state index in [0.717, 1.165) is 18.2 Å². The van der Waals surface area contributed by atoms with E-state index in [-0.39, 0.29) is 17.2 Å². The molecule has 0 heterocycles. The Morgan fingerprint density at radius 3 is 2.70 bits per heavy atom. The largest absolute Gasteiger partial charge is 0.450 e. The Labute approximate surface area is 121 Å². The summed E-state index contributed by atoms with van der Waals surface area (Å²) in [5.74, 6) is -0.678. The van der Waals surface area contributed by atoms with Crippen molar-refractivity contribution in [2.75, 3.05) is 0 Å². The molecule has 0 aliphatic carbocycles. The molecule has 100 valence electrons. The number of rotatable bonds is 3. The average molecular weight is 337 g/mol. The molecule has 5 nitrogen and oxygen atoms in total. The molecule has 0 aliphatic heterocycles. The number of nitrogens with zero attached hydrogens (tertiary/aromatic N) is 2. The monoisotopic (exact) mass is 336 g/mol. The van der Waals surface area contributed by atoms with Gasteiger partial charge in [-0.05, 0) is 24.3 Å². The van der Waals surface area contributed by atoms with Gasteiger partial charge in [-0.3, -0.25) is 10.1 Å². The Hall–Kier alpha value is -2.46. The number of hydrogen-bond donors (Lipinski definition) is 0. The standard InChI is InChI=1S/C13H6BrFN2O3/c14-9-3-8(7-16)4-11(5-9)20-13-6-10(15)1-2-12(13)17(18)19/h1-6H. The topological polar surface area (TPSA) is 76.2 Å². The van der Waals surface area contributed by atoms with Crippen molar-refractivity contribution in [3.63, 3.8) is 0 Å². The van der Waals surface area contributed by atoms with Gasteiger partial charge < -0.3 is 4.74 Å². The van der Waals surface area contributed by atoms with Crippen LogP contribution in [0, 0.1) is 27.3 Å². The molecule has 0 saturated carbocycles. The van der Waals surface area contributed by atoms with Crippen molar-refractivity contribution >= 4 is 21.6 Å². The van der Waals surface area contributed by atoms with E-state index < -0.39 is 10.7 Å². The second-order valence-electron chi connectivity index (χ2n) is 3.76. The number of nitro groups is 1. The van der Waals surface area contributed by atoms with Crippen LogP contribution in [0.25, 0.3) is 0 Å². The molecule has 0 atom stereocenters. The molecule has 0 radical (unpaired) electrons. The van der Waals surface area contributed by atoms with Gasteiger partial charge in [0, 0.05) is 16.6 Å². The van der Waals surface area contributed by atoms with E-state index in [1.54, 1.807) is 6.07 Å². The SMILES string of the molecule is N#Cc1cc(Br)cc(Oc2cc(F)ccc2[N+](=O)[O-])c1. The van der Waals surface area contributed by atoms with Crippen LogP contribution in [-0.4, -0.2) is 4.92 Å². The summed E-state index contributed by atoms with van der Waals surface area (Å²) < 4.78 is 19.1. The van der Waals surface area contributed by atoms with E-state index in [1.807, 2.05) is 6.07 Å². The van der Waals surface area contributed by atoms with Crippen LogP contribution >= 0.6 is 15.9 Å². The first-order valence-corrected chi connectivity index (χ1v) is 6.11. The highest BCUT2D eigenvalue weighted by Gasteiger charge is 2.17. The minimum absolute atomic E-state index is 0.199. The molecule has 2 aromatic carbocycles. The van der Waals surface area contributed by atoms with Gasteiger partial charge in [0.2, 0.25) is 5.75 Å². The van der Waals surface area contributed by atoms with Crippen LogP contribution in [0.1, 0.15) is 5.56 Å². The Morgan fingerprint density at radius 1 is 1.30 bits per heavy atom. The van der Waals surface area contributed by atoms with Crippen LogP contribution in [0.5, 0.6) is 11.5 Å². The van der Waals surface area contributed by atoms with Gasteiger partial charge in [-0.2, -0.15) is 5.26 Å². The molecule has 0 unspecified atom stereocenters. The molecule has 0 spiro atoms. The summed E-state index contributed by atoms with van der Waals surface area (Å²) in [6, 6.07) is 9.33. The lowest BCUT2D eigenvalue weighted by molar-refractivity contribution is -0.385. The molecule has 0 saturated heterocycles. The minimum atomic E-state index is -0.669. The number of nitro benzene ring substituents is 1. The van der Waals surface area contributed by atoms with Gasteiger partial charge in [-0.1, -0.05) is 15.9 Å². The molecule has 0 amide bonds. The molecule has 2 rings (SSSR count). The Bertz CT molecular complexity index is 728. The van der Waals surface area contributed by atoms with E-state index in [2.05, 4.69) is 15.9 Å². The van der Waals surface area contributed by atoms with Crippen LogP contribution in [0.3, 0.4) is 0 Å². The van der Waals surface area contributed by atoms with Crippen molar-refractivity contribution in [3.8, 4) is 17.6 Å². The highest BCUT2D eigenvalue weighted by molar-refractivity contribution is 9.10. The molecule has 20 heavy (non-hydrogen) atoms. The fourth-order valence-corrected chi connectivity index (χ4v) is 2.01. The smallest absolute Gasteiger partial charge is 0.311 e. The zero-order valence-corrected chi connectivity index (χ0v) is 11.4. The fraction of sp³-hybridized carbons (Fsp3) is 0. The van der Waals surface area contributed by atoms with Crippen molar-refractivity contribution in [2.45, 2.75) is 0 Å². The second-order valence-corrected chi connectivity index (χ2v) is 4.67. The normalized spacial score (nSPS) is 9.85. The van der Waals surface area contributed by atoms with Crippen molar-refractivity contribution in [3.05, 3.63) is 62.4 Å². The molecule has 0 fully saturated rings. The number of ether oxygens (including phenoxy) is 1. The first-order valence-electron chi connectivity index (χ1n) is 5.32. The zero-order valence-electron chi connectivity index (χ0n) is 9.84. The summed E-state index contributed by atoms with van der Waals surface area (Å²) in [4.78, 5) is 10.2. The summed E-state index contributed by atoms with van der Waals surface area (Å²) in [7, 11) is 0. The van der Waals surface area contributed by atoms with Gasteiger partial charge in [0.05, 0.1) is 16.6 Å². The van der Waals surface area contributed by atoms with Gasteiger partial charge in [0.1, 0.15) is 11.6 Å². The van der Waals surface area contributed by atoms with Crippen LogP contribution in [0.4, 0.5) is 10.1 Å². The van der Waals surface area contributed by atoms with Crippen LogP contribution in [-0.2, 0) is 0 Å². The summed E-state index contributed by atoms with van der Waals surface area (Å²) >= 11 is 3.19. The van der Waals surface area contributed by atoms with Gasteiger partial charge in [-0.15, -0.1) is 0 Å². The Morgan fingerprint density at radius 2 is 2.05 bits per heavy atom. The van der Waals surface area contributed by atoms with Crippen LogP contribution < -0.4 is 4.74 Å². The number of hydrogen-bond acceptors (Lipinski definition) is 4. The van der Waals surface area contributed by atoms with E-state index >= 15 is 0 Å². The highest BCUT2D eigenvalue weighted by atomic mass is 79.9. The highest BCUT2D eigenvalue weighted by Crippen LogP contribution is 2.33. The predicted molar refractivity (Wildman–Crippen MR) is 72.0 cm³/mol. The summed E-state index contributed by atoms with van der Waals surface area (Å²) in [6.07, 6.45) is 0. The van der Waals surface area contributed by atoms with Crippen molar-refractivity contribution in [1.82, 2.24) is 0 Å². The third kappa shape index (κ3) is 3.10.